The average Bonchev–Trinajstić information content (AvgIpc) is 3.43. The zero-order valence-electron chi connectivity index (χ0n) is 17.5. The number of methoxy groups -OCH3 is 1. The normalized spacial score (nSPS) is 10.9. The first-order chi connectivity index (χ1) is 14.6. The van der Waals surface area contributed by atoms with Crippen LogP contribution in [0.1, 0.15) is 19.5 Å². The number of nitrogens with one attached hydrogen (secondary N) is 1. The van der Waals surface area contributed by atoms with Crippen LogP contribution >= 0.6 is 22.7 Å². The molecule has 0 saturated carbocycles. The summed E-state index contributed by atoms with van der Waals surface area (Å²) < 4.78 is 11.3. The van der Waals surface area contributed by atoms with Gasteiger partial charge in [-0.15, -0.1) is 22.7 Å². The number of carbonyl (C=O) groups excluding carboxylic acids is 1. The molecule has 0 bridgehead atoms. The van der Waals surface area contributed by atoms with E-state index in [-0.39, 0.29) is 12.3 Å². The van der Waals surface area contributed by atoms with Gasteiger partial charge in [0.2, 0.25) is 5.91 Å². The third-order valence-corrected chi connectivity index (χ3v) is 6.56. The van der Waals surface area contributed by atoms with Crippen molar-refractivity contribution in [2.75, 3.05) is 38.7 Å². The molecule has 2 heterocycles. The van der Waals surface area contributed by atoms with Crippen molar-refractivity contribution in [3.63, 3.8) is 0 Å². The molecule has 160 valence electrons. The number of ether oxygens (including phenoxy) is 2. The number of rotatable bonds is 11. The predicted octanol–water partition coefficient (Wildman–Crippen LogP) is 4.78. The SMILES string of the molecule is CCN(CC)CCOc1cc(NC(=O)Cc2csc(-c3cccs3)n2)ccc1OC. The number of aromatic nitrogens is 1. The Balaban J connectivity index is 1.59. The summed E-state index contributed by atoms with van der Waals surface area (Å²) in [5.41, 5.74) is 1.44. The Hall–Kier alpha value is -2.42. The molecule has 3 rings (SSSR count). The van der Waals surface area contributed by atoms with Crippen LogP contribution in [-0.4, -0.2) is 49.1 Å². The highest BCUT2D eigenvalue weighted by molar-refractivity contribution is 7.20. The van der Waals surface area contributed by atoms with Crippen molar-refractivity contribution in [2.24, 2.45) is 0 Å². The minimum atomic E-state index is -0.114. The number of amides is 1. The third kappa shape index (κ3) is 6.04. The summed E-state index contributed by atoms with van der Waals surface area (Å²) in [6, 6.07) is 9.45. The summed E-state index contributed by atoms with van der Waals surface area (Å²) in [4.78, 5) is 20.5. The van der Waals surface area contributed by atoms with E-state index in [4.69, 9.17) is 9.47 Å². The summed E-state index contributed by atoms with van der Waals surface area (Å²) >= 11 is 3.20. The van der Waals surface area contributed by atoms with Gasteiger partial charge in [0.05, 0.1) is 24.1 Å². The largest absolute Gasteiger partial charge is 0.493 e. The standard InChI is InChI=1S/C22H27N3O3S2/c1-4-25(5-2)10-11-28-19-13-16(8-9-18(19)27-3)23-21(26)14-17-15-30-22(24-17)20-7-6-12-29-20/h6-9,12-13,15H,4-5,10-11,14H2,1-3H3,(H,23,26). The lowest BCUT2D eigenvalue weighted by Gasteiger charge is -2.19. The summed E-state index contributed by atoms with van der Waals surface area (Å²) in [7, 11) is 1.61. The van der Waals surface area contributed by atoms with Crippen molar-refractivity contribution in [1.82, 2.24) is 9.88 Å². The molecule has 0 saturated heterocycles. The fraction of sp³-hybridized carbons (Fsp3) is 0.364. The minimum Gasteiger partial charge on any atom is -0.493 e. The maximum absolute atomic E-state index is 12.5. The van der Waals surface area contributed by atoms with Gasteiger partial charge in [0, 0.05) is 23.7 Å². The molecule has 0 atom stereocenters. The second-order valence-corrected chi connectivity index (χ2v) is 8.39. The maximum Gasteiger partial charge on any atom is 0.230 e. The molecule has 0 aliphatic heterocycles. The van der Waals surface area contributed by atoms with E-state index in [0.29, 0.717) is 23.8 Å². The van der Waals surface area contributed by atoms with E-state index in [9.17, 15) is 4.79 Å². The topological polar surface area (TPSA) is 63.7 Å². The average molecular weight is 446 g/mol. The molecule has 0 fully saturated rings. The van der Waals surface area contributed by atoms with E-state index in [1.54, 1.807) is 41.9 Å². The first-order valence-corrected chi connectivity index (χ1v) is 11.7. The summed E-state index contributed by atoms with van der Waals surface area (Å²) in [6.07, 6.45) is 0.228. The Labute approximate surface area is 185 Å². The molecule has 1 N–H and O–H groups in total. The Kier molecular flexibility index (Phi) is 8.24. The quantitative estimate of drug-likeness (QED) is 0.460. The molecule has 8 heteroatoms. The summed E-state index contributed by atoms with van der Waals surface area (Å²) in [5, 5.41) is 7.83. The minimum absolute atomic E-state index is 0.114. The fourth-order valence-electron chi connectivity index (χ4n) is 2.96. The van der Waals surface area contributed by atoms with Crippen LogP contribution in [0, 0.1) is 0 Å². The van der Waals surface area contributed by atoms with Crippen LogP contribution in [-0.2, 0) is 11.2 Å². The highest BCUT2D eigenvalue weighted by atomic mass is 32.1. The van der Waals surface area contributed by atoms with Crippen LogP contribution < -0.4 is 14.8 Å². The lowest BCUT2D eigenvalue weighted by molar-refractivity contribution is -0.115. The van der Waals surface area contributed by atoms with Crippen molar-refractivity contribution >= 4 is 34.3 Å². The van der Waals surface area contributed by atoms with Crippen molar-refractivity contribution in [2.45, 2.75) is 20.3 Å². The molecule has 30 heavy (non-hydrogen) atoms. The number of thiazole rings is 1. The first kappa shape index (κ1) is 22.3. The van der Waals surface area contributed by atoms with Gasteiger partial charge in [-0.2, -0.15) is 0 Å². The highest BCUT2D eigenvalue weighted by Gasteiger charge is 2.12. The number of anilines is 1. The maximum atomic E-state index is 12.5. The molecular formula is C22H27N3O3S2. The van der Waals surface area contributed by atoms with E-state index in [1.807, 2.05) is 29.0 Å². The Morgan fingerprint density at radius 1 is 1.17 bits per heavy atom. The predicted molar refractivity (Wildman–Crippen MR) is 124 cm³/mol. The van der Waals surface area contributed by atoms with E-state index < -0.39 is 0 Å². The van der Waals surface area contributed by atoms with Crippen molar-refractivity contribution in [1.29, 1.82) is 0 Å². The molecule has 1 amide bonds. The smallest absolute Gasteiger partial charge is 0.230 e. The molecule has 2 aromatic heterocycles. The number of hydrogen-bond acceptors (Lipinski definition) is 7. The Morgan fingerprint density at radius 2 is 2.00 bits per heavy atom. The lowest BCUT2D eigenvalue weighted by atomic mass is 10.2. The molecule has 6 nitrogen and oxygen atoms in total. The molecule has 1 aromatic carbocycles. The number of benzene rings is 1. The number of likely N-dealkylation sites (N-methyl/N-ethyl adjacent to an activating group) is 1. The van der Waals surface area contributed by atoms with Gasteiger partial charge in [-0.05, 0) is 36.7 Å². The number of hydrogen-bond donors (Lipinski definition) is 1. The molecule has 0 unspecified atom stereocenters. The zero-order chi connectivity index (χ0) is 21.3. The van der Waals surface area contributed by atoms with Crippen molar-refractivity contribution in [3.8, 4) is 21.4 Å². The van der Waals surface area contributed by atoms with Gasteiger partial charge < -0.3 is 19.7 Å². The monoisotopic (exact) mass is 445 g/mol. The molecule has 0 aliphatic rings. The van der Waals surface area contributed by atoms with Crippen LogP contribution in [0.5, 0.6) is 11.5 Å². The van der Waals surface area contributed by atoms with Crippen LogP contribution in [0.25, 0.3) is 9.88 Å². The van der Waals surface area contributed by atoms with Gasteiger partial charge in [-0.25, -0.2) is 4.98 Å². The Morgan fingerprint density at radius 3 is 2.70 bits per heavy atom. The van der Waals surface area contributed by atoms with E-state index in [1.165, 1.54) is 0 Å². The van der Waals surface area contributed by atoms with Crippen LogP contribution in [0.3, 0.4) is 0 Å². The van der Waals surface area contributed by atoms with Gasteiger partial charge in [0.25, 0.3) is 0 Å². The van der Waals surface area contributed by atoms with Gasteiger partial charge in [0.1, 0.15) is 11.6 Å². The highest BCUT2D eigenvalue weighted by Crippen LogP contribution is 2.31. The lowest BCUT2D eigenvalue weighted by Crippen LogP contribution is -2.28. The molecule has 0 spiro atoms. The van der Waals surface area contributed by atoms with E-state index >= 15 is 0 Å². The van der Waals surface area contributed by atoms with Crippen LogP contribution in [0.15, 0.2) is 41.1 Å². The van der Waals surface area contributed by atoms with Crippen molar-refractivity contribution < 1.29 is 14.3 Å². The van der Waals surface area contributed by atoms with Gasteiger partial charge in [-0.1, -0.05) is 19.9 Å². The molecule has 0 radical (unpaired) electrons. The van der Waals surface area contributed by atoms with Crippen LogP contribution in [0.2, 0.25) is 0 Å². The first-order valence-electron chi connectivity index (χ1n) is 9.94. The van der Waals surface area contributed by atoms with E-state index in [0.717, 1.165) is 35.2 Å². The summed E-state index contributed by atoms with van der Waals surface area (Å²) in [5.74, 6) is 1.15. The molecule has 0 aliphatic carbocycles. The molecule has 3 aromatic rings. The van der Waals surface area contributed by atoms with Crippen LogP contribution in [0.4, 0.5) is 5.69 Å². The second-order valence-electron chi connectivity index (χ2n) is 6.59. The Bertz CT molecular complexity index is 937. The van der Waals surface area contributed by atoms with Gasteiger partial charge >= 0.3 is 0 Å². The number of thiophene rings is 1. The molecular weight excluding hydrogens is 418 g/mol. The van der Waals surface area contributed by atoms with E-state index in [2.05, 4.69) is 29.0 Å². The number of nitrogens with zero attached hydrogens (tertiary/aromatic N) is 2. The number of carbonyl (C=O) groups is 1. The second kappa shape index (κ2) is 11.1. The van der Waals surface area contributed by atoms with Gasteiger partial charge in [-0.3, -0.25) is 4.79 Å². The summed E-state index contributed by atoms with van der Waals surface area (Å²) in [6.45, 7) is 7.62. The zero-order valence-corrected chi connectivity index (χ0v) is 19.1. The third-order valence-electron chi connectivity index (χ3n) is 4.63. The van der Waals surface area contributed by atoms with Gasteiger partial charge in [0.15, 0.2) is 11.5 Å². The fourth-order valence-corrected chi connectivity index (χ4v) is 4.60. The van der Waals surface area contributed by atoms with Crippen molar-refractivity contribution in [3.05, 3.63) is 46.8 Å².